The summed E-state index contributed by atoms with van der Waals surface area (Å²) in [4.78, 5) is 30.7. The van der Waals surface area contributed by atoms with E-state index in [1.807, 2.05) is 31.3 Å². The zero-order chi connectivity index (χ0) is 19.3. The Labute approximate surface area is 161 Å². The van der Waals surface area contributed by atoms with E-state index in [2.05, 4.69) is 11.9 Å². The van der Waals surface area contributed by atoms with Gasteiger partial charge in [0.2, 0.25) is 0 Å². The van der Waals surface area contributed by atoms with Gasteiger partial charge in [0.05, 0.1) is 17.3 Å². The van der Waals surface area contributed by atoms with Crippen LogP contribution in [0.15, 0.2) is 29.1 Å². The zero-order valence-electron chi connectivity index (χ0n) is 16.0. The van der Waals surface area contributed by atoms with E-state index in [4.69, 9.17) is 4.74 Å². The second-order valence-corrected chi connectivity index (χ2v) is 8.19. The molecule has 142 valence electrons. The average Bonchev–Trinajstić information content (AvgIpc) is 3.28. The molecule has 1 amide bonds. The third-order valence-corrected chi connectivity index (χ3v) is 6.72. The van der Waals surface area contributed by atoms with Crippen LogP contribution in [-0.4, -0.2) is 60.6 Å². The first kappa shape index (κ1) is 18.0. The Hall–Kier alpha value is -2.38. The lowest BCUT2D eigenvalue weighted by atomic mass is 10.1. The molecule has 0 N–H and O–H groups in total. The highest BCUT2D eigenvalue weighted by Crippen LogP contribution is 2.40. The summed E-state index contributed by atoms with van der Waals surface area (Å²) < 4.78 is 8.01. The lowest BCUT2D eigenvalue weighted by molar-refractivity contribution is 0.0739. The largest absolute Gasteiger partial charge is 0.494 e. The number of methoxy groups -OCH3 is 1. The summed E-state index contributed by atoms with van der Waals surface area (Å²) in [7, 11) is 7.18. The molecule has 27 heavy (non-hydrogen) atoms. The van der Waals surface area contributed by atoms with Crippen molar-refractivity contribution >= 4 is 38.2 Å². The summed E-state index contributed by atoms with van der Waals surface area (Å²) >= 11 is 1.35. The van der Waals surface area contributed by atoms with Crippen LogP contribution in [0.3, 0.4) is 0 Å². The van der Waals surface area contributed by atoms with Crippen LogP contribution in [0.5, 0.6) is 5.75 Å². The summed E-state index contributed by atoms with van der Waals surface area (Å²) in [5.74, 6) is 0.309. The molecule has 4 rings (SSSR count). The normalized spacial score (nSPS) is 17.7. The number of carbonyl (C=O) groups is 1. The van der Waals surface area contributed by atoms with Crippen molar-refractivity contribution in [2.45, 2.75) is 12.5 Å². The lowest BCUT2D eigenvalue weighted by Crippen LogP contribution is -2.38. The van der Waals surface area contributed by atoms with E-state index >= 15 is 0 Å². The number of likely N-dealkylation sites (tertiary alicyclic amines) is 1. The van der Waals surface area contributed by atoms with E-state index in [1.54, 1.807) is 16.5 Å². The number of aryl methyl sites for hydroxylation is 1. The molecule has 7 heteroatoms. The zero-order valence-corrected chi connectivity index (χ0v) is 16.8. The number of nitrogens with zero attached hydrogens (tertiary/aromatic N) is 3. The van der Waals surface area contributed by atoms with E-state index in [0.717, 1.165) is 35.1 Å². The predicted octanol–water partition coefficient (Wildman–Crippen LogP) is 2.54. The van der Waals surface area contributed by atoms with Crippen molar-refractivity contribution in [3.8, 4) is 5.75 Å². The molecule has 0 spiro atoms. The number of hydrogen-bond donors (Lipinski definition) is 0. The molecule has 1 aliphatic rings. The summed E-state index contributed by atoms with van der Waals surface area (Å²) in [5, 5.41) is 1.45. The number of rotatable bonds is 3. The fourth-order valence-corrected chi connectivity index (χ4v) is 5.20. The standard InChI is InChI=1S/C20H23N3O3S/c1-21-10-9-12(11-21)22(2)20(25)18-16(26-4)15-17(27-18)13-7-5-6-8-14(13)23(3)19(15)24/h5-8,12H,9-11H2,1-4H3. The number of fused-ring (bicyclic) bond motifs is 3. The topological polar surface area (TPSA) is 54.8 Å². The van der Waals surface area contributed by atoms with Gasteiger partial charge in [-0.1, -0.05) is 18.2 Å². The van der Waals surface area contributed by atoms with E-state index in [9.17, 15) is 9.59 Å². The van der Waals surface area contributed by atoms with Crippen LogP contribution in [0.25, 0.3) is 21.0 Å². The molecule has 0 aliphatic carbocycles. The van der Waals surface area contributed by atoms with E-state index in [0.29, 0.717) is 16.0 Å². The van der Waals surface area contributed by atoms with Crippen LogP contribution in [0.2, 0.25) is 0 Å². The molecule has 1 aliphatic heterocycles. The smallest absolute Gasteiger partial charge is 0.267 e. The van der Waals surface area contributed by atoms with Crippen LogP contribution >= 0.6 is 11.3 Å². The van der Waals surface area contributed by atoms with Gasteiger partial charge in [0, 0.05) is 32.1 Å². The lowest BCUT2D eigenvalue weighted by Gasteiger charge is -2.24. The number of benzene rings is 1. The number of ether oxygens (including phenoxy) is 1. The monoisotopic (exact) mass is 385 g/mol. The minimum atomic E-state index is -0.140. The first-order valence-electron chi connectivity index (χ1n) is 8.98. The predicted molar refractivity (Wildman–Crippen MR) is 109 cm³/mol. The number of amides is 1. The molecule has 3 heterocycles. The average molecular weight is 385 g/mol. The molecule has 0 saturated carbocycles. The minimum Gasteiger partial charge on any atom is -0.494 e. The maximum atomic E-state index is 13.2. The van der Waals surface area contributed by atoms with Gasteiger partial charge in [-0.15, -0.1) is 11.3 Å². The van der Waals surface area contributed by atoms with Gasteiger partial charge < -0.3 is 19.1 Å². The van der Waals surface area contributed by atoms with Crippen LogP contribution in [-0.2, 0) is 7.05 Å². The molecule has 0 radical (unpaired) electrons. The third-order valence-electron chi connectivity index (χ3n) is 5.53. The van der Waals surface area contributed by atoms with Crippen LogP contribution < -0.4 is 10.3 Å². The SMILES string of the molecule is COc1c(C(=O)N(C)C2CCN(C)C2)sc2c1c(=O)n(C)c1ccccc21. The molecule has 1 atom stereocenters. The molecule has 1 aromatic carbocycles. The highest BCUT2D eigenvalue weighted by atomic mass is 32.1. The molecule has 1 saturated heterocycles. The molecule has 6 nitrogen and oxygen atoms in total. The van der Waals surface area contributed by atoms with Crippen molar-refractivity contribution in [1.82, 2.24) is 14.4 Å². The minimum absolute atomic E-state index is 0.0838. The number of pyridine rings is 1. The Kier molecular flexibility index (Phi) is 4.44. The molecule has 1 fully saturated rings. The van der Waals surface area contributed by atoms with E-state index < -0.39 is 0 Å². The van der Waals surface area contributed by atoms with Crippen molar-refractivity contribution in [3.05, 3.63) is 39.5 Å². The summed E-state index contributed by atoms with van der Waals surface area (Å²) in [6.45, 7) is 1.84. The maximum absolute atomic E-state index is 13.2. The highest BCUT2D eigenvalue weighted by Gasteiger charge is 2.31. The Bertz CT molecular complexity index is 1100. The van der Waals surface area contributed by atoms with Gasteiger partial charge in [0.1, 0.15) is 10.3 Å². The first-order valence-corrected chi connectivity index (χ1v) is 9.79. The van der Waals surface area contributed by atoms with Crippen LogP contribution in [0.4, 0.5) is 0 Å². The van der Waals surface area contributed by atoms with Gasteiger partial charge in [0.15, 0.2) is 5.75 Å². The van der Waals surface area contributed by atoms with Crippen molar-refractivity contribution < 1.29 is 9.53 Å². The van der Waals surface area contributed by atoms with Gasteiger partial charge >= 0.3 is 0 Å². The van der Waals surface area contributed by atoms with Crippen LogP contribution in [0.1, 0.15) is 16.1 Å². The van der Waals surface area contributed by atoms with E-state index in [-0.39, 0.29) is 17.5 Å². The Morgan fingerprint density at radius 1 is 1.30 bits per heavy atom. The Balaban J connectivity index is 1.91. The number of thiophene rings is 1. The second-order valence-electron chi connectivity index (χ2n) is 7.17. The Morgan fingerprint density at radius 2 is 2.04 bits per heavy atom. The fraction of sp³-hybridized carbons (Fsp3) is 0.400. The number of likely N-dealkylation sites (N-methyl/N-ethyl adjacent to an activating group) is 2. The molecule has 1 unspecified atom stereocenters. The molecule has 2 aromatic heterocycles. The summed E-state index contributed by atoms with van der Waals surface area (Å²) in [6, 6.07) is 7.94. The number of hydrogen-bond acceptors (Lipinski definition) is 5. The van der Waals surface area contributed by atoms with Crippen LogP contribution in [0, 0.1) is 0 Å². The van der Waals surface area contributed by atoms with Gasteiger partial charge in [0.25, 0.3) is 11.5 Å². The number of para-hydroxylation sites is 1. The molecule has 0 bridgehead atoms. The first-order chi connectivity index (χ1) is 12.9. The van der Waals surface area contributed by atoms with Crippen molar-refractivity contribution in [3.63, 3.8) is 0 Å². The summed E-state index contributed by atoms with van der Waals surface area (Å²) in [5.41, 5.74) is 0.711. The molecule has 3 aromatic rings. The summed E-state index contributed by atoms with van der Waals surface area (Å²) in [6.07, 6.45) is 0.955. The molecular weight excluding hydrogens is 362 g/mol. The number of aromatic nitrogens is 1. The Morgan fingerprint density at radius 3 is 2.70 bits per heavy atom. The highest BCUT2D eigenvalue weighted by molar-refractivity contribution is 7.22. The third kappa shape index (κ3) is 2.73. The van der Waals surface area contributed by atoms with Gasteiger partial charge in [-0.05, 0) is 26.1 Å². The van der Waals surface area contributed by atoms with Gasteiger partial charge in [-0.3, -0.25) is 9.59 Å². The maximum Gasteiger partial charge on any atom is 0.267 e. The quantitative estimate of drug-likeness (QED) is 0.695. The second kappa shape index (κ2) is 6.65. The van der Waals surface area contributed by atoms with Crippen molar-refractivity contribution in [1.29, 1.82) is 0 Å². The molecular formula is C20H23N3O3S. The fourth-order valence-electron chi connectivity index (χ4n) is 3.92. The van der Waals surface area contributed by atoms with Gasteiger partial charge in [-0.25, -0.2) is 0 Å². The van der Waals surface area contributed by atoms with Crippen molar-refractivity contribution in [2.24, 2.45) is 7.05 Å². The van der Waals surface area contributed by atoms with E-state index in [1.165, 1.54) is 18.4 Å². The number of carbonyl (C=O) groups excluding carboxylic acids is 1. The van der Waals surface area contributed by atoms with Gasteiger partial charge in [-0.2, -0.15) is 0 Å². The van der Waals surface area contributed by atoms with Crippen molar-refractivity contribution in [2.75, 3.05) is 34.3 Å².